The van der Waals surface area contributed by atoms with Crippen LogP contribution < -0.4 is 0 Å². The van der Waals surface area contributed by atoms with Gasteiger partial charge >= 0.3 is 6.09 Å². The van der Waals surface area contributed by atoms with Crippen LogP contribution in [0, 0.1) is 11.8 Å². The van der Waals surface area contributed by atoms with Crippen molar-refractivity contribution in [3.63, 3.8) is 0 Å². The maximum absolute atomic E-state index is 13.1. The summed E-state index contributed by atoms with van der Waals surface area (Å²) in [6, 6.07) is 7.17. The van der Waals surface area contributed by atoms with Crippen molar-refractivity contribution in [1.82, 2.24) is 4.90 Å². The SMILES string of the molecule is CC(C)C1(C(C)C)COC(=O)N1C(=O)C1CC(c2ccc(Cl)cc2)=NO1. The summed E-state index contributed by atoms with van der Waals surface area (Å²) in [6.45, 7) is 8.17. The van der Waals surface area contributed by atoms with E-state index in [2.05, 4.69) is 5.16 Å². The number of carbonyl (C=O) groups excluding carboxylic acids is 2. The van der Waals surface area contributed by atoms with Crippen molar-refractivity contribution in [1.29, 1.82) is 0 Å². The number of halogens is 1. The van der Waals surface area contributed by atoms with Gasteiger partial charge in [-0.2, -0.15) is 0 Å². The molecule has 2 amide bonds. The third-order valence-corrected chi connectivity index (χ3v) is 5.62. The molecule has 0 saturated carbocycles. The zero-order valence-corrected chi connectivity index (χ0v) is 16.1. The highest BCUT2D eigenvalue weighted by Gasteiger charge is 2.56. The van der Waals surface area contributed by atoms with Gasteiger partial charge in [0.2, 0.25) is 6.10 Å². The Balaban J connectivity index is 1.81. The highest BCUT2D eigenvalue weighted by atomic mass is 35.5. The van der Waals surface area contributed by atoms with Crippen molar-refractivity contribution in [2.75, 3.05) is 6.61 Å². The number of nitrogens with zero attached hydrogens (tertiary/aromatic N) is 2. The van der Waals surface area contributed by atoms with Gasteiger partial charge in [-0.1, -0.05) is 56.6 Å². The number of hydrogen-bond donors (Lipinski definition) is 0. The van der Waals surface area contributed by atoms with Gasteiger partial charge in [0.25, 0.3) is 5.91 Å². The van der Waals surface area contributed by atoms with E-state index < -0.39 is 23.6 Å². The Morgan fingerprint density at radius 1 is 1.23 bits per heavy atom. The molecule has 1 unspecified atom stereocenters. The number of rotatable bonds is 4. The first kappa shape index (κ1) is 18.7. The van der Waals surface area contributed by atoms with E-state index in [1.165, 1.54) is 4.90 Å². The topological polar surface area (TPSA) is 68.2 Å². The standard InChI is InChI=1S/C19H23ClN2O4/c1-11(2)19(12(3)4)10-25-18(24)22(19)17(23)16-9-15(21-26-16)13-5-7-14(20)8-6-13/h5-8,11-12,16H,9-10H2,1-4H3. The maximum Gasteiger partial charge on any atom is 0.417 e. The molecule has 1 saturated heterocycles. The normalized spacial score (nSPS) is 21.8. The van der Waals surface area contributed by atoms with E-state index in [9.17, 15) is 9.59 Å². The van der Waals surface area contributed by atoms with Crippen molar-refractivity contribution in [3.05, 3.63) is 34.9 Å². The lowest BCUT2D eigenvalue weighted by Gasteiger charge is -2.41. The summed E-state index contributed by atoms with van der Waals surface area (Å²) >= 11 is 5.91. The predicted octanol–water partition coefficient (Wildman–Crippen LogP) is 3.86. The van der Waals surface area contributed by atoms with Crippen molar-refractivity contribution in [3.8, 4) is 0 Å². The second kappa shape index (κ2) is 6.91. The molecule has 1 fully saturated rings. The zero-order valence-electron chi connectivity index (χ0n) is 15.4. The first-order valence-electron chi connectivity index (χ1n) is 8.76. The minimum Gasteiger partial charge on any atom is -0.447 e. The molecule has 0 radical (unpaired) electrons. The largest absolute Gasteiger partial charge is 0.447 e. The van der Waals surface area contributed by atoms with Crippen LogP contribution in [0.5, 0.6) is 0 Å². The summed E-state index contributed by atoms with van der Waals surface area (Å²) in [5.41, 5.74) is 0.820. The van der Waals surface area contributed by atoms with E-state index in [-0.39, 0.29) is 18.4 Å². The minimum absolute atomic E-state index is 0.0518. The Kier molecular flexibility index (Phi) is 4.97. The molecule has 1 atom stereocenters. The Morgan fingerprint density at radius 3 is 2.42 bits per heavy atom. The average molecular weight is 379 g/mol. The lowest BCUT2D eigenvalue weighted by Crippen LogP contribution is -2.59. The smallest absolute Gasteiger partial charge is 0.417 e. The van der Waals surface area contributed by atoms with Crippen LogP contribution in [0.1, 0.15) is 39.7 Å². The summed E-state index contributed by atoms with van der Waals surface area (Å²) in [6.07, 6.45) is -1.14. The molecule has 6 nitrogen and oxygen atoms in total. The molecule has 2 aliphatic heterocycles. The Labute approximate surface area is 158 Å². The summed E-state index contributed by atoms with van der Waals surface area (Å²) in [4.78, 5) is 32.1. The molecule has 0 aromatic heterocycles. The average Bonchev–Trinajstić information content (AvgIpc) is 3.20. The maximum atomic E-state index is 13.1. The lowest BCUT2D eigenvalue weighted by atomic mass is 9.76. The number of benzene rings is 1. The van der Waals surface area contributed by atoms with E-state index in [1.54, 1.807) is 12.1 Å². The van der Waals surface area contributed by atoms with Crippen molar-refractivity contribution in [2.45, 2.75) is 45.8 Å². The molecule has 0 bridgehead atoms. The molecular formula is C19H23ClN2O4. The van der Waals surface area contributed by atoms with Crippen LogP contribution >= 0.6 is 11.6 Å². The monoisotopic (exact) mass is 378 g/mol. The van der Waals surface area contributed by atoms with Gasteiger partial charge in [0.05, 0.1) is 11.3 Å². The van der Waals surface area contributed by atoms with E-state index in [0.29, 0.717) is 17.2 Å². The van der Waals surface area contributed by atoms with Crippen molar-refractivity contribution < 1.29 is 19.2 Å². The fourth-order valence-corrected chi connectivity index (χ4v) is 3.88. The quantitative estimate of drug-likeness (QED) is 0.797. The van der Waals surface area contributed by atoms with E-state index >= 15 is 0 Å². The van der Waals surface area contributed by atoms with E-state index in [1.807, 2.05) is 39.8 Å². The van der Waals surface area contributed by atoms with Gasteiger partial charge in [0.15, 0.2) is 0 Å². The molecule has 140 valence electrons. The molecule has 1 aromatic rings. The fourth-order valence-electron chi connectivity index (χ4n) is 3.75. The Bertz CT molecular complexity index is 734. The van der Waals surface area contributed by atoms with Gasteiger partial charge in [-0.05, 0) is 29.5 Å². The van der Waals surface area contributed by atoms with Crippen LogP contribution in [0.3, 0.4) is 0 Å². The first-order chi connectivity index (χ1) is 12.3. The summed E-state index contributed by atoms with van der Waals surface area (Å²) in [5.74, 6) is -0.297. The number of imide groups is 1. The van der Waals surface area contributed by atoms with Crippen LogP contribution in [0.25, 0.3) is 0 Å². The van der Waals surface area contributed by atoms with Gasteiger partial charge in [-0.3, -0.25) is 4.79 Å². The predicted molar refractivity (Wildman–Crippen MR) is 98.1 cm³/mol. The minimum atomic E-state index is -0.830. The molecule has 0 aliphatic carbocycles. The van der Waals surface area contributed by atoms with Crippen LogP contribution in [0.15, 0.2) is 29.4 Å². The van der Waals surface area contributed by atoms with E-state index in [4.69, 9.17) is 21.2 Å². The van der Waals surface area contributed by atoms with Gasteiger partial charge < -0.3 is 9.57 Å². The zero-order chi connectivity index (χ0) is 19.1. The van der Waals surface area contributed by atoms with Crippen molar-refractivity contribution in [2.24, 2.45) is 17.0 Å². The number of amides is 2. The molecule has 2 heterocycles. The number of carbonyl (C=O) groups is 2. The molecule has 1 aromatic carbocycles. The van der Waals surface area contributed by atoms with Crippen LogP contribution in [0.2, 0.25) is 5.02 Å². The van der Waals surface area contributed by atoms with Gasteiger partial charge in [0, 0.05) is 11.4 Å². The molecule has 2 aliphatic rings. The molecule has 0 spiro atoms. The molecule has 26 heavy (non-hydrogen) atoms. The number of ether oxygens (including phenoxy) is 1. The number of cyclic esters (lactones) is 1. The summed E-state index contributed by atoms with van der Waals surface area (Å²) < 4.78 is 5.27. The Hall–Kier alpha value is -2.08. The van der Waals surface area contributed by atoms with Gasteiger partial charge in [0.1, 0.15) is 6.61 Å². The van der Waals surface area contributed by atoms with Gasteiger partial charge in [-0.25, -0.2) is 9.69 Å². The third kappa shape index (κ3) is 2.96. The molecule has 3 rings (SSSR count). The Morgan fingerprint density at radius 2 is 1.85 bits per heavy atom. The highest BCUT2D eigenvalue weighted by Crippen LogP contribution is 2.39. The highest BCUT2D eigenvalue weighted by molar-refractivity contribution is 6.30. The third-order valence-electron chi connectivity index (χ3n) is 5.37. The molecule has 7 heteroatoms. The molecule has 0 N–H and O–H groups in total. The number of hydrogen-bond acceptors (Lipinski definition) is 5. The molecular weight excluding hydrogens is 356 g/mol. The van der Waals surface area contributed by atoms with Crippen LogP contribution in [-0.4, -0.2) is 40.9 Å². The van der Waals surface area contributed by atoms with Crippen LogP contribution in [-0.2, 0) is 14.4 Å². The fraction of sp³-hybridized carbons (Fsp3) is 0.526. The van der Waals surface area contributed by atoms with E-state index in [0.717, 1.165) is 5.56 Å². The second-order valence-electron chi connectivity index (χ2n) is 7.37. The van der Waals surface area contributed by atoms with Gasteiger partial charge in [-0.15, -0.1) is 0 Å². The number of oxime groups is 1. The lowest BCUT2D eigenvalue weighted by molar-refractivity contribution is -0.145. The second-order valence-corrected chi connectivity index (χ2v) is 7.81. The summed E-state index contributed by atoms with van der Waals surface area (Å²) in [7, 11) is 0. The summed E-state index contributed by atoms with van der Waals surface area (Å²) in [5, 5.41) is 4.67. The van der Waals surface area contributed by atoms with Crippen LogP contribution in [0.4, 0.5) is 4.79 Å². The van der Waals surface area contributed by atoms with Crippen molar-refractivity contribution >= 4 is 29.3 Å². The first-order valence-corrected chi connectivity index (χ1v) is 9.14.